The molecule has 23 heavy (non-hydrogen) atoms. The van der Waals surface area contributed by atoms with Crippen molar-refractivity contribution in [3.8, 4) is 0 Å². The van der Waals surface area contributed by atoms with Gasteiger partial charge in [0, 0.05) is 17.3 Å². The van der Waals surface area contributed by atoms with E-state index in [9.17, 15) is 4.79 Å². The Morgan fingerprint density at radius 2 is 1.87 bits per heavy atom. The van der Waals surface area contributed by atoms with Crippen LogP contribution in [0, 0.1) is 13.8 Å². The second kappa shape index (κ2) is 6.04. The molecule has 0 bridgehead atoms. The largest absolute Gasteiger partial charge is 0.352 e. The average molecular weight is 305 g/mol. The summed E-state index contributed by atoms with van der Waals surface area (Å²) in [6, 6.07) is 14.4. The van der Waals surface area contributed by atoms with Crippen molar-refractivity contribution in [2.24, 2.45) is 0 Å². The summed E-state index contributed by atoms with van der Waals surface area (Å²) in [5, 5.41) is 1.10. The van der Waals surface area contributed by atoms with E-state index in [1.807, 2.05) is 12.1 Å². The number of carbonyl (C=O) groups is 1. The molecular formula is C21H23NO. The maximum absolute atomic E-state index is 12.7. The van der Waals surface area contributed by atoms with Crippen molar-refractivity contribution in [2.75, 3.05) is 0 Å². The van der Waals surface area contributed by atoms with Gasteiger partial charge in [-0.05, 0) is 54.7 Å². The first-order valence-electron chi connectivity index (χ1n) is 8.16. The molecular weight excluding hydrogens is 282 g/mol. The summed E-state index contributed by atoms with van der Waals surface area (Å²) in [6.45, 7) is 8.56. The van der Waals surface area contributed by atoms with Crippen LogP contribution in [-0.4, -0.2) is 10.8 Å². The molecule has 1 aromatic heterocycles. The highest BCUT2D eigenvalue weighted by atomic mass is 16.1. The van der Waals surface area contributed by atoms with Crippen molar-refractivity contribution in [3.63, 3.8) is 0 Å². The summed E-state index contributed by atoms with van der Waals surface area (Å²) >= 11 is 0. The van der Waals surface area contributed by atoms with E-state index < -0.39 is 0 Å². The molecule has 0 amide bonds. The number of hydrogen-bond donors (Lipinski definition) is 1. The number of nitrogens with one attached hydrogen (secondary N) is 1. The Labute approximate surface area is 137 Å². The predicted molar refractivity (Wildman–Crippen MR) is 96.3 cm³/mol. The Balaban J connectivity index is 1.90. The molecule has 0 radical (unpaired) electrons. The molecule has 0 atom stereocenters. The second-order valence-electron chi connectivity index (χ2n) is 6.66. The fraction of sp³-hybridized carbons (Fsp3) is 0.286. The molecule has 0 aliphatic rings. The van der Waals surface area contributed by atoms with Crippen LogP contribution in [-0.2, 0) is 6.42 Å². The molecule has 2 aromatic carbocycles. The molecule has 0 aliphatic heterocycles. The quantitative estimate of drug-likeness (QED) is 0.649. The third kappa shape index (κ3) is 3.07. The third-order valence-corrected chi connectivity index (χ3v) is 4.54. The summed E-state index contributed by atoms with van der Waals surface area (Å²) < 4.78 is 0. The molecule has 0 unspecified atom stereocenters. The first kappa shape index (κ1) is 15.5. The van der Waals surface area contributed by atoms with E-state index in [4.69, 9.17) is 0 Å². The molecule has 0 saturated heterocycles. The number of fused-ring (bicyclic) bond motifs is 1. The lowest BCUT2D eigenvalue weighted by molar-refractivity contribution is 0.0989. The summed E-state index contributed by atoms with van der Waals surface area (Å²) in [4.78, 5) is 15.9. The molecule has 1 heterocycles. The molecule has 0 aliphatic carbocycles. The van der Waals surface area contributed by atoms with Crippen LogP contribution in [0.4, 0.5) is 0 Å². The highest BCUT2D eigenvalue weighted by molar-refractivity contribution is 6.00. The number of aromatic amines is 1. The van der Waals surface area contributed by atoms with E-state index in [-0.39, 0.29) is 5.78 Å². The summed E-state index contributed by atoms with van der Waals surface area (Å²) in [5.74, 6) is 0.615. The lowest BCUT2D eigenvalue weighted by Crippen LogP contribution is -2.07. The molecule has 2 heteroatoms. The fourth-order valence-electron chi connectivity index (χ4n) is 3.19. The number of hydrogen-bond acceptors (Lipinski definition) is 1. The van der Waals surface area contributed by atoms with E-state index in [2.05, 4.69) is 63.0 Å². The minimum Gasteiger partial charge on any atom is -0.352 e. The van der Waals surface area contributed by atoms with Gasteiger partial charge in [-0.3, -0.25) is 4.79 Å². The monoisotopic (exact) mass is 305 g/mol. The van der Waals surface area contributed by atoms with Gasteiger partial charge in [-0.1, -0.05) is 43.7 Å². The van der Waals surface area contributed by atoms with Crippen molar-refractivity contribution in [2.45, 2.75) is 40.0 Å². The minimum atomic E-state index is 0.142. The molecule has 118 valence electrons. The van der Waals surface area contributed by atoms with Crippen molar-refractivity contribution in [1.29, 1.82) is 0 Å². The van der Waals surface area contributed by atoms with Crippen molar-refractivity contribution >= 4 is 16.7 Å². The second-order valence-corrected chi connectivity index (χ2v) is 6.66. The Bertz CT molecular complexity index is 871. The highest BCUT2D eigenvalue weighted by Crippen LogP contribution is 2.24. The number of carbonyl (C=O) groups excluding carboxylic acids is 1. The minimum absolute atomic E-state index is 0.142. The van der Waals surface area contributed by atoms with Gasteiger partial charge in [0.25, 0.3) is 0 Å². The Morgan fingerprint density at radius 3 is 2.61 bits per heavy atom. The Kier molecular flexibility index (Phi) is 4.08. The van der Waals surface area contributed by atoms with E-state index in [1.54, 1.807) is 0 Å². The molecule has 3 rings (SSSR count). The van der Waals surface area contributed by atoms with Crippen molar-refractivity contribution in [3.05, 3.63) is 70.4 Å². The van der Waals surface area contributed by atoms with Crippen LogP contribution >= 0.6 is 0 Å². The SMILES string of the molecule is Cc1ccc2[nH]c(C(=O)Cc3cccc(C(C)C)c3C)cc2c1. The average Bonchev–Trinajstić information content (AvgIpc) is 2.92. The van der Waals surface area contributed by atoms with Crippen LogP contribution in [0.1, 0.15) is 52.5 Å². The first-order valence-corrected chi connectivity index (χ1v) is 8.16. The van der Waals surface area contributed by atoms with E-state index in [1.165, 1.54) is 16.7 Å². The number of benzene rings is 2. The van der Waals surface area contributed by atoms with E-state index in [0.29, 0.717) is 18.0 Å². The zero-order valence-corrected chi connectivity index (χ0v) is 14.2. The van der Waals surface area contributed by atoms with Crippen LogP contribution in [0.25, 0.3) is 10.9 Å². The van der Waals surface area contributed by atoms with Gasteiger partial charge >= 0.3 is 0 Å². The van der Waals surface area contributed by atoms with Gasteiger partial charge in [0.15, 0.2) is 5.78 Å². The van der Waals surface area contributed by atoms with Gasteiger partial charge in [-0.2, -0.15) is 0 Å². The normalized spacial score (nSPS) is 11.3. The van der Waals surface area contributed by atoms with Gasteiger partial charge in [0.05, 0.1) is 5.69 Å². The Morgan fingerprint density at radius 1 is 1.09 bits per heavy atom. The van der Waals surface area contributed by atoms with Crippen LogP contribution < -0.4 is 0 Å². The number of aryl methyl sites for hydroxylation is 1. The Hall–Kier alpha value is -2.35. The standard InChI is InChI=1S/C21H23NO/c1-13(2)18-7-5-6-16(15(18)4)12-21(23)20-11-17-10-14(3)8-9-19(17)22-20/h5-11,13,22H,12H2,1-4H3. The summed E-state index contributed by atoms with van der Waals surface area (Å²) in [5.41, 5.74) is 6.60. The van der Waals surface area contributed by atoms with E-state index >= 15 is 0 Å². The van der Waals surface area contributed by atoms with Gasteiger partial charge in [-0.15, -0.1) is 0 Å². The maximum atomic E-state index is 12.7. The van der Waals surface area contributed by atoms with E-state index in [0.717, 1.165) is 16.5 Å². The summed E-state index contributed by atoms with van der Waals surface area (Å²) in [7, 11) is 0. The van der Waals surface area contributed by atoms with Crippen molar-refractivity contribution < 1.29 is 4.79 Å². The number of rotatable bonds is 4. The number of aromatic nitrogens is 1. The molecule has 3 aromatic rings. The summed E-state index contributed by atoms with van der Waals surface area (Å²) in [6.07, 6.45) is 0.443. The number of Topliss-reactive ketones (excluding diaryl/α,β-unsaturated/α-hetero) is 1. The highest BCUT2D eigenvalue weighted by Gasteiger charge is 2.14. The predicted octanol–water partition coefficient (Wildman–Crippen LogP) is 5.33. The van der Waals surface area contributed by atoms with Gasteiger partial charge in [0.2, 0.25) is 0 Å². The van der Waals surface area contributed by atoms with Crippen molar-refractivity contribution in [1.82, 2.24) is 4.98 Å². The number of H-pyrrole nitrogens is 1. The third-order valence-electron chi connectivity index (χ3n) is 4.54. The zero-order chi connectivity index (χ0) is 16.6. The number of ketones is 1. The lowest BCUT2D eigenvalue weighted by Gasteiger charge is -2.13. The molecule has 0 saturated carbocycles. The van der Waals surface area contributed by atoms with Gasteiger partial charge in [0.1, 0.15) is 0 Å². The maximum Gasteiger partial charge on any atom is 0.183 e. The molecule has 1 N–H and O–H groups in total. The smallest absolute Gasteiger partial charge is 0.183 e. The van der Waals surface area contributed by atoms with Crippen LogP contribution in [0.2, 0.25) is 0 Å². The van der Waals surface area contributed by atoms with Crippen LogP contribution in [0.5, 0.6) is 0 Å². The van der Waals surface area contributed by atoms with Crippen LogP contribution in [0.3, 0.4) is 0 Å². The fourth-order valence-corrected chi connectivity index (χ4v) is 3.19. The van der Waals surface area contributed by atoms with Gasteiger partial charge < -0.3 is 4.98 Å². The molecule has 2 nitrogen and oxygen atoms in total. The topological polar surface area (TPSA) is 32.9 Å². The first-order chi connectivity index (χ1) is 11.0. The molecule has 0 fully saturated rings. The molecule has 0 spiro atoms. The van der Waals surface area contributed by atoms with Gasteiger partial charge in [-0.25, -0.2) is 0 Å². The zero-order valence-electron chi connectivity index (χ0n) is 14.2. The van der Waals surface area contributed by atoms with Crippen LogP contribution in [0.15, 0.2) is 42.5 Å². The lowest BCUT2D eigenvalue weighted by atomic mass is 9.92.